The largest absolute Gasteiger partial charge is 0.480 e. The van der Waals surface area contributed by atoms with Gasteiger partial charge in [0.05, 0.1) is 15.9 Å². The predicted octanol–water partition coefficient (Wildman–Crippen LogP) is 2.66. The molecule has 6 heteroatoms. The van der Waals surface area contributed by atoms with E-state index < -0.39 is 12.0 Å². The van der Waals surface area contributed by atoms with Crippen LogP contribution in [0.3, 0.4) is 0 Å². The van der Waals surface area contributed by atoms with Crippen molar-refractivity contribution in [1.29, 1.82) is 0 Å². The van der Waals surface area contributed by atoms with Gasteiger partial charge in [0.1, 0.15) is 6.04 Å². The highest BCUT2D eigenvalue weighted by Gasteiger charge is 2.35. The summed E-state index contributed by atoms with van der Waals surface area (Å²) < 4.78 is 2.96. The Balaban J connectivity index is 2.25. The summed E-state index contributed by atoms with van der Waals surface area (Å²) in [6.07, 6.45) is 2.04. The third kappa shape index (κ3) is 2.91. The number of nitrogens with zero attached hydrogens (tertiary/aromatic N) is 3. The smallest absolute Gasteiger partial charge is 0.321 e. The Morgan fingerprint density at radius 3 is 2.85 bits per heavy atom. The summed E-state index contributed by atoms with van der Waals surface area (Å²) in [6.45, 7) is 8.31. The first kappa shape index (κ1) is 15.5. The average Bonchev–Trinajstić information content (AvgIpc) is 2.66. The number of aliphatic carboxylic acids is 1. The van der Waals surface area contributed by atoms with Crippen molar-refractivity contribution in [2.24, 2.45) is 5.92 Å². The molecule has 0 bridgehead atoms. The number of hydrogen-bond acceptors (Lipinski definition) is 3. The lowest BCUT2D eigenvalue weighted by atomic mass is 9.90. The minimum Gasteiger partial charge on any atom is -0.480 e. The molecule has 112 valence electrons. The van der Waals surface area contributed by atoms with E-state index in [1.165, 1.54) is 0 Å². The second-order valence-corrected chi connectivity index (χ2v) is 6.33. The second-order valence-electron chi connectivity index (χ2n) is 5.53. The maximum atomic E-state index is 11.5. The molecule has 0 saturated carbocycles. The van der Waals surface area contributed by atoms with Gasteiger partial charge in [0, 0.05) is 13.1 Å². The summed E-state index contributed by atoms with van der Waals surface area (Å²) >= 11 is 3.58. The minimum atomic E-state index is -0.715. The molecule has 2 heterocycles. The van der Waals surface area contributed by atoms with E-state index in [4.69, 9.17) is 0 Å². The number of carboxylic acid groups (broad SMARTS) is 1. The molecule has 1 N–H and O–H groups in total. The van der Waals surface area contributed by atoms with Gasteiger partial charge in [0.2, 0.25) is 0 Å². The Kier molecular flexibility index (Phi) is 4.86. The van der Waals surface area contributed by atoms with Gasteiger partial charge in [-0.2, -0.15) is 5.10 Å². The van der Waals surface area contributed by atoms with Gasteiger partial charge in [-0.3, -0.25) is 14.4 Å². The molecule has 1 fully saturated rings. The van der Waals surface area contributed by atoms with Crippen molar-refractivity contribution in [3.05, 3.63) is 15.9 Å². The Morgan fingerprint density at radius 1 is 1.55 bits per heavy atom. The summed E-state index contributed by atoms with van der Waals surface area (Å²) in [6, 6.07) is -0.392. The SMILES string of the molecule is CCn1nc(C)c(Br)c1CN1CCCC(C)C1C(=O)O. The van der Waals surface area contributed by atoms with E-state index in [1.54, 1.807) is 0 Å². The van der Waals surface area contributed by atoms with E-state index in [9.17, 15) is 9.90 Å². The molecule has 0 aliphatic carbocycles. The van der Waals surface area contributed by atoms with Crippen LogP contribution in [0, 0.1) is 12.8 Å². The molecule has 5 nitrogen and oxygen atoms in total. The third-order valence-electron chi connectivity index (χ3n) is 4.10. The van der Waals surface area contributed by atoms with Crippen molar-refractivity contribution < 1.29 is 9.90 Å². The Morgan fingerprint density at radius 2 is 2.25 bits per heavy atom. The standard InChI is InChI=1S/C14H22BrN3O2/c1-4-18-11(12(15)10(3)16-18)8-17-7-5-6-9(2)13(17)14(19)20/h9,13H,4-8H2,1-3H3,(H,19,20). The third-order valence-corrected chi connectivity index (χ3v) is 5.13. The highest BCUT2D eigenvalue weighted by atomic mass is 79.9. The summed E-state index contributed by atoms with van der Waals surface area (Å²) in [7, 11) is 0. The monoisotopic (exact) mass is 343 g/mol. The molecule has 20 heavy (non-hydrogen) atoms. The van der Waals surface area contributed by atoms with Crippen molar-refractivity contribution in [3.63, 3.8) is 0 Å². The first-order valence-electron chi connectivity index (χ1n) is 7.14. The molecule has 1 aliphatic heterocycles. The van der Waals surface area contributed by atoms with Crippen molar-refractivity contribution in [2.75, 3.05) is 6.54 Å². The van der Waals surface area contributed by atoms with E-state index in [1.807, 2.05) is 18.5 Å². The summed E-state index contributed by atoms with van der Waals surface area (Å²) in [4.78, 5) is 13.6. The molecule has 2 unspecified atom stereocenters. The Labute approximate surface area is 128 Å². The summed E-state index contributed by atoms with van der Waals surface area (Å²) in [5.41, 5.74) is 2.03. The van der Waals surface area contributed by atoms with E-state index in [2.05, 4.69) is 32.9 Å². The minimum absolute atomic E-state index is 0.194. The van der Waals surface area contributed by atoms with Crippen LogP contribution in [-0.2, 0) is 17.9 Å². The van der Waals surface area contributed by atoms with Crippen LogP contribution in [0.1, 0.15) is 38.1 Å². The molecular weight excluding hydrogens is 322 g/mol. The lowest BCUT2D eigenvalue weighted by Crippen LogP contribution is -2.48. The molecule has 0 aromatic carbocycles. The van der Waals surface area contributed by atoms with E-state index in [0.29, 0.717) is 6.54 Å². The highest BCUT2D eigenvalue weighted by molar-refractivity contribution is 9.10. The van der Waals surface area contributed by atoms with Crippen LogP contribution in [-0.4, -0.2) is 38.3 Å². The number of halogens is 1. The van der Waals surface area contributed by atoms with Gasteiger partial charge in [-0.25, -0.2) is 0 Å². The zero-order valence-electron chi connectivity index (χ0n) is 12.3. The average molecular weight is 344 g/mol. The maximum Gasteiger partial charge on any atom is 0.321 e. The number of carbonyl (C=O) groups is 1. The first-order chi connectivity index (χ1) is 9.45. The normalized spacial score (nSPS) is 24.0. The summed E-state index contributed by atoms with van der Waals surface area (Å²) in [5.74, 6) is -0.522. The molecular formula is C14H22BrN3O2. The number of aryl methyl sites for hydroxylation is 2. The molecule has 0 radical (unpaired) electrons. The topological polar surface area (TPSA) is 58.4 Å². The van der Waals surface area contributed by atoms with Crippen LogP contribution in [0.5, 0.6) is 0 Å². The quantitative estimate of drug-likeness (QED) is 0.912. The van der Waals surface area contributed by atoms with Gasteiger partial charge < -0.3 is 5.11 Å². The van der Waals surface area contributed by atoms with Gasteiger partial charge in [-0.05, 0) is 55.1 Å². The lowest BCUT2D eigenvalue weighted by molar-refractivity contribution is -0.147. The molecule has 1 aromatic rings. The summed E-state index contributed by atoms with van der Waals surface area (Å²) in [5, 5.41) is 14.0. The van der Waals surface area contributed by atoms with Crippen molar-refractivity contribution in [1.82, 2.24) is 14.7 Å². The van der Waals surface area contributed by atoms with Crippen molar-refractivity contribution in [3.8, 4) is 0 Å². The number of hydrogen-bond donors (Lipinski definition) is 1. The van der Waals surface area contributed by atoms with Crippen LogP contribution >= 0.6 is 15.9 Å². The predicted molar refractivity (Wildman–Crippen MR) is 80.6 cm³/mol. The fourth-order valence-electron chi connectivity index (χ4n) is 3.06. The number of rotatable bonds is 4. The van der Waals surface area contributed by atoms with Gasteiger partial charge in [0.15, 0.2) is 0 Å². The Hall–Kier alpha value is -0.880. The van der Waals surface area contributed by atoms with Gasteiger partial charge in [-0.15, -0.1) is 0 Å². The highest BCUT2D eigenvalue weighted by Crippen LogP contribution is 2.28. The zero-order chi connectivity index (χ0) is 14.9. The maximum absolute atomic E-state index is 11.5. The number of likely N-dealkylation sites (tertiary alicyclic amines) is 1. The number of carboxylic acids is 1. The molecule has 2 atom stereocenters. The lowest BCUT2D eigenvalue weighted by Gasteiger charge is -2.37. The van der Waals surface area contributed by atoms with Gasteiger partial charge in [-0.1, -0.05) is 6.92 Å². The molecule has 0 spiro atoms. The Bertz CT molecular complexity index is 501. The van der Waals surface area contributed by atoms with Crippen LogP contribution in [0.25, 0.3) is 0 Å². The van der Waals surface area contributed by atoms with Crippen molar-refractivity contribution >= 4 is 21.9 Å². The second kappa shape index (κ2) is 6.26. The van der Waals surface area contributed by atoms with Crippen LogP contribution in [0.2, 0.25) is 0 Å². The molecule has 1 aromatic heterocycles. The van der Waals surface area contributed by atoms with E-state index in [-0.39, 0.29) is 5.92 Å². The fourth-order valence-corrected chi connectivity index (χ4v) is 3.47. The fraction of sp³-hybridized carbons (Fsp3) is 0.714. The first-order valence-corrected chi connectivity index (χ1v) is 7.93. The molecule has 0 amide bonds. The number of aromatic nitrogens is 2. The van der Waals surface area contributed by atoms with Crippen LogP contribution in [0.4, 0.5) is 0 Å². The van der Waals surface area contributed by atoms with E-state index in [0.717, 1.165) is 41.8 Å². The van der Waals surface area contributed by atoms with Crippen LogP contribution < -0.4 is 0 Å². The molecule has 1 saturated heterocycles. The van der Waals surface area contributed by atoms with Gasteiger partial charge in [0.25, 0.3) is 0 Å². The van der Waals surface area contributed by atoms with Gasteiger partial charge >= 0.3 is 5.97 Å². The van der Waals surface area contributed by atoms with Crippen molar-refractivity contribution in [2.45, 2.75) is 52.7 Å². The van der Waals surface area contributed by atoms with Crippen LogP contribution in [0.15, 0.2) is 4.47 Å². The number of piperidine rings is 1. The molecule has 1 aliphatic rings. The molecule has 2 rings (SSSR count). The van der Waals surface area contributed by atoms with E-state index >= 15 is 0 Å². The zero-order valence-corrected chi connectivity index (χ0v) is 13.9.